The SMILES string of the molecule is COc1cc(C)c(-c2cc(OC)c(Cl)c3cc4c(c(O)c23)C(=O)c2c(cc(O)c(Cl)c2O)C4(C)C)c(O)c1. The van der Waals surface area contributed by atoms with Crippen molar-refractivity contribution in [3.05, 3.63) is 68.2 Å². The van der Waals surface area contributed by atoms with E-state index in [0.717, 1.165) is 0 Å². The molecule has 0 radical (unpaired) electrons. The first-order valence-corrected chi connectivity index (χ1v) is 12.3. The number of halogens is 2. The Bertz CT molecular complexity index is 1680. The number of methoxy groups -OCH3 is 2. The Kier molecular flexibility index (Phi) is 5.85. The Balaban J connectivity index is 1.96. The van der Waals surface area contributed by atoms with E-state index in [-0.39, 0.29) is 43.8 Å². The highest BCUT2D eigenvalue weighted by Crippen LogP contribution is 2.55. The number of aromatic hydroxyl groups is 4. The monoisotopic (exact) mass is 554 g/mol. The lowest BCUT2D eigenvalue weighted by Gasteiger charge is -2.36. The van der Waals surface area contributed by atoms with Crippen molar-refractivity contribution in [3.63, 3.8) is 0 Å². The molecule has 1 aliphatic rings. The molecule has 0 spiro atoms. The molecule has 5 rings (SSSR count). The molecule has 0 heterocycles. The van der Waals surface area contributed by atoms with E-state index in [4.69, 9.17) is 32.7 Å². The highest BCUT2D eigenvalue weighted by molar-refractivity contribution is 6.39. The number of ether oxygens (including phenoxy) is 2. The quantitative estimate of drug-likeness (QED) is 0.219. The summed E-state index contributed by atoms with van der Waals surface area (Å²) in [6, 6.07) is 7.80. The molecule has 7 nitrogen and oxygen atoms in total. The minimum Gasteiger partial charge on any atom is -0.507 e. The van der Waals surface area contributed by atoms with Gasteiger partial charge in [0, 0.05) is 33.4 Å². The topological polar surface area (TPSA) is 116 Å². The van der Waals surface area contributed by atoms with E-state index < -0.39 is 16.9 Å². The molecule has 4 aromatic rings. The summed E-state index contributed by atoms with van der Waals surface area (Å²) in [6.45, 7) is 5.37. The molecule has 0 amide bonds. The number of aryl methyl sites for hydroxylation is 1. The number of phenols is 4. The molecule has 4 N–H and O–H groups in total. The lowest BCUT2D eigenvalue weighted by atomic mass is 9.67. The Labute approximate surface area is 228 Å². The second-order valence-electron chi connectivity index (χ2n) is 9.78. The standard InChI is InChI=1S/C29H24Cl2O7/c1-11-6-12(37-4)7-17(32)20(11)13-9-19(38-5)24(30)14-8-15-22(26(34)21(13)14)27(35)23-16(29(15,2)3)10-18(33)25(31)28(23)36/h6-10,32-34,36H,1-5H3. The summed E-state index contributed by atoms with van der Waals surface area (Å²) in [4.78, 5) is 13.8. The molecular formula is C29H24Cl2O7. The largest absolute Gasteiger partial charge is 0.507 e. The first kappa shape index (κ1) is 25.8. The van der Waals surface area contributed by atoms with Gasteiger partial charge in [-0.1, -0.05) is 37.0 Å². The maximum absolute atomic E-state index is 13.8. The maximum Gasteiger partial charge on any atom is 0.201 e. The number of carbonyl (C=O) groups is 1. The lowest BCUT2D eigenvalue weighted by Crippen LogP contribution is -2.30. The van der Waals surface area contributed by atoms with E-state index in [9.17, 15) is 25.2 Å². The molecule has 0 unspecified atom stereocenters. The van der Waals surface area contributed by atoms with Crippen LogP contribution in [-0.2, 0) is 5.41 Å². The van der Waals surface area contributed by atoms with Crippen LogP contribution in [0.5, 0.6) is 34.5 Å². The van der Waals surface area contributed by atoms with Gasteiger partial charge in [0.1, 0.15) is 39.5 Å². The van der Waals surface area contributed by atoms with Gasteiger partial charge in [0.05, 0.1) is 30.4 Å². The van der Waals surface area contributed by atoms with Gasteiger partial charge in [-0.15, -0.1) is 0 Å². The molecule has 196 valence electrons. The minimum absolute atomic E-state index is 0.0415. The molecular weight excluding hydrogens is 531 g/mol. The molecule has 0 saturated heterocycles. The van der Waals surface area contributed by atoms with Crippen molar-refractivity contribution in [3.8, 4) is 45.6 Å². The fourth-order valence-electron chi connectivity index (χ4n) is 5.41. The molecule has 0 bridgehead atoms. The van der Waals surface area contributed by atoms with Crippen LogP contribution in [-0.4, -0.2) is 40.4 Å². The van der Waals surface area contributed by atoms with Crippen molar-refractivity contribution in [2.45, 2.75) is 26.2 Å². The summed E-state index contributed by atoms with van der Waals surface area (Å²) in [6.07, 6.45) is 0. The van der Waals surface area contributed by atoms with Gasteiger partial charge in [0.2, 0.25) is 5.78 Å². The van der Waals surface area contributed by atoms with Crippen LogP contribution in [0.1, 0.15) is 46.5 Å². The van der Waals surface area contributed by atoms with Crippen LogP contribution in [0.25, 0.3) is 21.9 Å². The van der Waals surface area contributed by atoms with Crippen molar-refractivity contribution < 1.29 is 34.7 Å². The highest BCUT2D eigenvalue weighted by Gasteiger charge is 2.42. The summed E-state index contributed by atoms with van der Waals surface area (Å²) in [7, 11) is 2.94. The van der Waals surface area contributed by atoms with Crippen LogP contribution in [0, 0.1) is 6.92 Å². The second-order valence-corrected chi connectivity index (χ2v) is 10.5. The van der Waals surface area contributed by atoms with Gasteiger partial charge >= 0.3 is 0 Å². The van der Waals surface area contributed by atoms with Crippen molar-refractivity contribution in [2.24, 2.45) is 0 Å². The first-order chi connectivity index (χ1) is 17.8. The van der Waals surface area contributed by atoms with E-state index in [1.165, 1.54) is 26.4 Å². The van der Waals surface area contributed by atoms with E-state index in [2.05, 4.69) is 0 Å². The molecule has 1 aliphatic carbocycles. The molecule has 0 saturated carbocycles. The van der Waals surface area contributed by atoms with Gasteiger partial charge < -0.3 is 29.9 Å². The smallest absolute Gasteiger partial charge is 0.201 e. The van der Waals surface area contributed by atoms with E-state index >= 15 is 0 Å². The zero-order valence-electron chi connectivity index (χ0n) is 21.2. The lowest BCUT2D eigenvalue weighted by molar-refractivity contribution is 0.102. The van der Waals surface area contributed by atoms with E-state index in [0.29, 0.717) is 44.7 Å². The fourth-order valence-corrected chi connectivity index (χ4v) is 5.84. The van der Waals surface area contributed by atoms with Gasteiger partial charge in [-0.2, -0.15) is 0 Å². The van der Waals surface area contributed by atoms with Crippen LogP contribution in [0.3, 0.4) is 0 Å². The molecule has 0 fully saturated rings. The van der Waals surface area contributed by atoms with Crippen molar-refractivity contribution >= 4 is 39.8 Å². The number of carbonyl (C=O) groups excluding carboxylic acids is 1. The minimum atomic E-state index is -0.964. The molecule has 0 aromatic heterocycles. The normalized spacial score (nSPS) is 13.8. The number of hydrogen-bond acceptors (Lipinski definition) is 7. The van der Waals surface area contributed by atoms with Gasteiger partial charge in [-0.05, 0) is 47.9 Å². The third-order valence-corrected chi connectivity index (χ3v) is 8.09. The number of ketones is 1. The highest BCUT2D eigenvalue weighted by atomic mass is 35.5. The van der Waals surface area contributed by atoms with Crippen LogP contribution in [0.4, 0.5) is 0 Å². The number of hydrogen-bond donors (Lipinski definition) is 4. The van der Waals surface area contributed by atoms with Crippen LogP contribution in [0.15, 0.2) is 30.3 Å². The van der Waals surface area contributed by atoms with Gasteiger partial charge in [-0.25, -0.2) is 0 Å². The summed E-state index contributed by atoms with van der Waals surface area (Å²) >= 11 is 12.8. The Morgan fingerprint density at radius 1 is 0.763 bits per heavy atom. The van der Waals surface area contributed by atoms with Crippen molar-refractivity contribution in [1.29, 1.82) is 0 Å². The maximum atomic E-state index is 13.8. The van der Waals surface area contributed by atoms with Crippen LogP contribution >= 0.6 is 23.2 Å². The Morgan fingerprint density at radius 2 is 1.39 bits per heavy atom. The second kappa shape index (κ2) is 8.61. The third kappa shape index (κ3) is 3.38. The number of benzene rings is 4. The van der Waals surface area contributed by atoms with E-state index in [1.807, 2.05) is 0 Å². The number of fused-ring (bicyclic) bond motifs is 3. The summed E-state index contributed by atoms with van der Waals surface area (Å²) in [5.74, 6) is -1.35. The zero-order valence-corrected chi connectivity index (χ0v) is 22.7. The third-order valence-electron chi connectivity index (χ3n) is 7.33. The van der Waals surface area contributed by atoms with Gasteiger partial charge in [0.15, 0.2) is 0 Å². The van der Waals surface area contributed by atoms with Crippen molar-refractivity contribution in [1.82, 2.24) is 0 Å². The van der Waals surface area contributed by atoms with Crippen LogP contribution < -0.4 is 9.47 Å². The van der Waals surface area contributed by atoms with Crippen molar-refractivity contribution in [2.75, 3.05) is 14.2 Å². The van der Waals surface area contributed by atoms with Crippen LogP contribution in [0.2, 0.25) is 10.0 Å². The molecule has 0 atom stereocenters. The van der Waals surface area contributed by atoms with Gasteiger partial charge in [0.25, 0.3) is 0 Å². The first-order valence-electron chi connectivity index (χ1n) is 11.6. The summed E-state index contributed by atoms with van der Waals surface area (Å²) in [5.41, 5.74) is 1.07. The molecule has 0 aliphatic heterocycles. The molecule has 4 aromatic carbocycles. The molecule has 38 heavy (non-hydrogen) atoms. The summed E-state index contributed by atoms with van der Waals surface area (Å²) in [5, 5.41) is 44.2. The number of rotatable bonds is 3. The van der Waals surface area contributed by atoms with E-state index in [1.54, 1.807) is 39.0 Å². The average Bonchev–Trinajstić information content (AvgIpc) is 2.86. The Hall–Kier alpha value is -3.81. The Morgan fingerprint density at radius 3 is 2.00 bits per heavy atom. The van der Waals surface area contributed by atoms with Gasteiger partial charge in [-0.3, -0.25) is 4.79 Å². The fraction of sp³-hybridized carbons (Fsp3) is 0.207. The number of phenolic OH excluding ortho intramolecular Hbond substituents is 4. The zero-order chi connectivity index (χ0) is 27.8. The predicted octanol–water partition coefficient (Wildman–Crippen LogP) is 6.83. The molecule has 9 heteroatoms. The summed E-state index contributed by atoms with van der Waals surface area (Å²) < 4.78 is 10.8. The predicted molar refractivity (Wildman–Crippen MR) is 146 cm³/mol. The average molecular weight is 555 g/mol.